The Bertz CT molecular complexity index is 334. The number of aryl methyl sites for hydroxylation is 2. The molecule has 1 rings (SSSR count). The highest BCUT2D eigenvalue weighted by molar-refractivity contribution is 4.99. The second-order valence-electron chi connectivity index (χ2n) is 4.72. The molecule has 4 heteroatoms. The summed E-state index contributed by atoms with van der Waals surface area (Å²) in [5.74, 6) is 3.04. The van der Waals surface area contributed by atoms with Crippen LogP contribution in [0.25, 0.3) is 0 Å². The van der Waals surface area contributed by atoms with Gasteiger partial charge in [-0.2, -0.15) is 0 Å². The second-order valence-corrected chi connectivity index (χ2v) is 4.72. The molecule has 0 saturated carbocycles. The summed E-state index contributed by atoms with van der Waals surface area (Å²) in [7, 11) is 4.16. The van der Waals surface area contributed by atoms with Crippen LogP contribution < -0.4 is 0 Å². The molecule has 0 aliphatic carbocycles. The van der Waals surface area contributed by atoms with Gasteiger partial charge in [-0.1, -0.05) is 13.8 Å². The first-order chi connectivity index (χ1) is 7.49. The highest BCUT2D eigenvalue weighted by Gasteiger charge is 2.07. The van der Waals surface area contributed by atoms with E-state index in [1.165, 1.54) is 0 Å². The van der Waals surface area contributed by atoms with Crippen LogP contribution in [-0.4, -0.2) is 40.5 Å². The molecule has 0 atom stereocenters. The molecule has 0 N–H and O–H groups in total. The predicted octanol–water partition coefficient (Wildman–Crippen LogP) is 1.80. The van der Waals surface area contributed by atoms with E-state index in [4.69, 9.17) is 0 Å². The summed E-state index contributed by atoms with van der Waals surface area (Å²) in [6.07, 6.45) is 2.02. The molecule has 0 spiro atoms. The summed E-state index contributed by atoms with van der Waals surface area (Å²) in [6, 6.07) is 0. The van der Waals surface area contributed by atoms with Gasteiger partial charge in [0.25, 0.3) is 0 Å². The van der Waals surface area contributed by atoms with Gasteiger partial charge >= 0.3 is 0 Å². The lowest BCUT2D eigenvalue weighted by Crippen LogP contribution is -2.15. The normalized spacial score (nSPS) is 11.4. The van der Waals surface area contributed by atoms with Crippen LogP contribution in [0.1, 0.15) is 43.7 Å². The zero-order valence-corrected chi connectivity index (χ0v) is 11.0. The smallest absolute Gasteiger partial charge is 0.135 e. The second kappa shape index (κ2) is 5.89. The van der Waals surface area contributed by atoms with Gasteiger partial charge in [-0.25, -0.2) is 15.0 Å². The topological polar surface area (TPSA) is 41.9 Å². The molecular weight excluding hydrogens is 200 g/mol. The van der Waals surface area contributed by atoms with Crippen molar-refractivity contribution >= 4 is 0 Å². The lowest BCUT2D eigenvalue weighted by Gasteiger charge is -2.10. The fourth-order valence-electron chi connectivity index (χ4n) is 1.48. The van der Waals surface area contributed by atoms with Gasteiger partial charge in [0.15, 0.2) is 0 Å². The van der Waals surface area contributed by atoms with Gasteiger partial charge in [-0.15, -0.1) is 0 Å². The van der Waals surface area contributed by atoms with Crippen molar-refractivity contribution in [3.63, 3.8) is 0 Å². The summed E-state index contributed by atoms with van der Waals surface area (Å²) < 4.78 is 0. The van der Waals surface area contributed by atoms with Crippen molar-refractivity contribution < 1.29 is 0 Å². The monoisotopic (exact) mass is 222 g/mol. The van der Waals surface area contributed by atoms with E-state index in [1.807, 2.05) is 6.92 Å². The van der Waals surface area contributed by atoms with Gasteiger partial charge in [0.2, 0.25) is 0 Å². The van der Waals surface area contributed by atoms with E-state index < -0.39 is 0 Å². The SMILES string of the molecule is Cc1nc(CCCN(C)C)nc(C(C)C)n1. The number of hydrogen-bond acceptors (Lipinski definition) is 4. The largest absolute Gasteiger partial charge is 0.309 e. The van der Waals surface area contributed by atoms with Gasteiger partial charge in [-0.05, 0) is 34.0 Å². The van der Waals surface area contributed by atoms with Crippen LogP contribution in [0.2, 0.25) is 0 Å². The van der Waals surface area contributed by atoms with Crippen molar-refractivity contribution in [3.05, 3.63) is 17.5 Å². The van der Waals surface area contributed by atoms with E-state index in [2.05, 4.69) is 47.8 Å². The zero-order valence-electron chi connectivity index (χ0n) is 11.0. The Labute approximate surface area is 98.1 Å². The lowest BCUT2D eigenvalue weighted by molar-refractivity contribution is 0.398. The van der Waals surface area contributed by atoms with E-state index in [0.29, 0.717) is 5.92 Å². The minimum Gasteiger partial charge on any atom is -0.309 e. The van der Waals surface area contributed by atoms with Crippen LogP contribution in [0.4, 0.5) is 0 Å². The molecule has 0 amide bonds. The molecule has 0 fully saturated rings. The Morgan fingerprint density at radius 3 is 2.38 bits per heavy atom. The minimum absolute atomic E-state index is 0.370. The van der Waals surface area contributed by atoms with Crippen molar-refractivity contribution in [2.75, 3.05) is 20.6 Å². The van der Waals surface area contributed by atoms with Crippen molar-refractivity contribution in [1.29, 1.82) is 0 Å². The summed E-state index contributed by atoms with van der Waals surface area (Å²) in [6.45, 7) is 7.22. The Kier molecular flexibility index (Phi) is 4.80. The van der Waals surface area contributed by atoms with Crippen molar-refractivity contribution in [2.24, 2.45) is 0 Å². The molecule has 1 aromatic heterocycles. The van der Waals surface area contributed by atoms with Crippen LogP contribution >= 0.6 is 0 Å². The van der Waals surface area contributed by atoms with Crippen LogP contribution in [0.3, 0.4) is 0 Å². The average molecular weight is 222 g/mol. The summed E-state index contributed by atoms with van der Waals surface area (Å²) in [5, 5.41) is 0. The molecule has 16 heavy (non-hydrogen) atoms. The third-order valence-corrected chi connectivity index (χ3v) is 2.33. The maximum atomic E-state index is 4.49. The molecule has 1 heterocycles. The van der Waals surface area contributed by atoms with Gasteiger partial charge in [0, 0.05) is 12.3 Å². The molecule has 0 aliphatic rings. The minimum atomic E-state index is 0.370. The van der Waals surface area contributed by atoms with E-state index in [1.54, 1.807) is 0 Å². The standard InChI is InChI=1S/C12H22N4/c1-9(2)12-14-10(3)13-11(15-12)7-6-8-16(4)5/h9H,6-8H2,1-5H3. The van der Waals surface area contributed by atoms with Crippen LogP contribution in [0.15, 0.2) is 0 Å². The quantitative estimate of drug-likeness (QED) is 0.762. The van der Waals surface area contributed by atoms with E-state index in [9.17, 15) is 0 Å². The Morgan fingerprint density at radius 2 is 1.81 bits per heavy atom. The van der Waals surface area contributed by atoms with Gasteiger partial charge < -0.3 is 4.90 Å². The van der Waals surface area contributed by atoms with Gasteiger partial charge in [0.05, 0.1) is 0 Å². The molecule has 0 saturated heterocycles. The molecule has 0 aliphatic heterocycles. The number of hydrogen-bond donors (Lipinski definition) is 0. The third-order valence-electron chi connectivity index (χ3n) is 2.33. The first-order valence-corrected chi connectivity index (χ1v) is 5.85. The maximum Gasteiger partial charge on any atom is 0.135 e. The predicted molar refractivity (Wildman–Crippen MR) is 65.5 cm³/mol. The number of nitrogens with zero attached hydrogens (tertiary/aromatic N) is 4. The highest BCUT2D eigenvalue weighted by atomic mass is 15.1. The molecule has 0 unspecified atom stereocenters. The summed E-state index contributed by atoms with van der Waals surface area (Å²) in [4.78, 5) is 15.4. The van der Waals surface area contributed by atoms with Crippen molar-refractivity contribution in [3.8, 4) is 0 Å². The van der Waals surface area contributed by atoms with Crippen LogP contribution in [0.5, 0.6) is 0 Å². The lowest BCUT2D eigenvalue weighted by atomic mass is 10.2. The summed E-state index contributed by atoms with van der Waals surface area (Å²) >= 11 is 0. The van der Waals surface area contributed by atoms with E-state index in [0.717, 1.165) is 36.9 Å². The first kappa shape index (κ1) is 13.0. The van der Waals surface area contributed by atoms with E-state index in [-0.39, 0.29) is 0 Å². The molecule has 0 aromatic carbocycles. The third kappa shape index (κ3) is 4.23. The number of aromatic nitrogens is 3. The highest BCUT2D eigenvalue weighted by Crippen LogP contribution is 2.09. The van der Waals surface area contributed by atoms with Crippen LogP contribution in [-0.2, 0) is 6.42 Å². The average Bonchev–Trinajstić information content (AvgIpc) is 2.16. The first-order valence-electron chi connectivity index (χ1n) is 5.85. The molecule has 90 valence electrons. The van der Waals surface area contributed by atoms with Crippen LogP contribution in [0, 0.1) is 6.92 Å². The van der Waals surface area contributed by atoms with Crippen molar-refractivity contribution in [1.82, 2.24) is 19.9 Å². The fraction of sp³-hybridized carbons (Fsp3) is 0.750. The Balaban J connectivity index is 2.65. The van der Waals surface area contributed by atoms with Gasteiger partial charge in [-0.3, -0.25) is 0 Å². The maximum absolute atomic E-state index is 4.49. The summed E-state index contributed by atoms with van der Waals surface area (Å²) in [5.41, 5.74) is 0. The fourth-order valence-corrected chi connectivity index (χ4v) is 1.48. The molecule has 0 radical (unpaired) electrons. The molecule has 0 bridgehead atoms. The van der Waals surface area contributed by atoms with Crippen molar-refractivity contribution in [2.45, 2.75) is 39.5 Å². The molecule has 1 aromatic rings. The zero-order chi connectivity index (χ0) is 12.1. The number of rotatable bonds is 5. The van der Waals surface area contributed by atoms with E-state index >= 15 is 0 Å². The Morgan fingerprint density at radius 1 is 1.12 bits per heavy atom. The molecule has 4 nitrogen and oxygen atoms in total. The molecular formula is C12H22N4. The van der Waals surface area contributed by atoms with Gasteiger partial charge in [0.1, 0.15) is 17.5 Å². The Hall–Kier alpha value is -1.03.